The predicted octanol–water partition coefficient (Wildman–Crippen LogP) is 3.71. The van der Waals surface area contributed by atoms with E-state index in [1.807, 2.05) is 6.92 Å². The molecule has 176 valence electrons. The molecule has 8 nitrogen and oxygen atoms in total. The molecule has 2 amide bonds. The molecule has 0 aromatic heterocycles. The van der Waals surface area contributed by atoms with E-state index in [9.17, 15) is 14.4 Å². The fraction of sp³-hybridized carbons (Fsp3) is 0.185. The number of Topliss-reactive ketones (excluding diaryl/α,β-unsaturated/α-hetero) is 1. The number of amides is 2. The Morgan fingerprint density at radius 1 is 0.914 bits per heavy atom. The van der Waals surface area contributed by atoms with Gasteiger partial charge in [-0.3, -0.25) is 14.4 Å². The summed E-state index contributed by atoms with van der Waals surface area (Å²) in [5.41, 5.74) is 1.32. The van der Waals surface area contributed by atoms with Gasteiger partial charge in [-0.2, -0.15) is 5.10 Å². The van der Waals surface area contributed by atoms with Crippen LogP contribution in [0.5, 0.6) is 11.5 Å². The molecule has 2 atom stereocenters. The van der Waals surface area contributed by atoms with E-state index in [0.717, 1.165) is 4.90 Å². The van der Waals surface area contributed by atoms with Crippen molar-refractivity contribution in [3.8, 4) is 11.5 Å². The summed E-state index contributed by atoms with van der Waals surface area (Å²) in [6.07, 6.45) is 0. The summed E-state index contributed by atoms with van der Waals surface area (Å²) in [5.74, 6) is -1.30. The molecule has 3 aromatic carbocycles. The number of nitrogens with zero attached hydrogens (tertiary/aromatic N) is 3. The zero-order valence-electron chi connectivity index (χ0n) is 19.3. The number of fused-ring (bicyclic) bond motifs is 1. The highest BCUT2D eigenvalue weighted by Gasteiger charge is 2.59. The minimum atomic E-state index is -1.05. The van der Waals surface area contributed by atoms with Crippen molar-refractivity contribution in [2.75, 3.05) is 23.6 Å². The number of methoxy groups -OCH3 is 1. The van der Waals surface area contributed by atoms with Gasteiger partial charge < -0.3 is 9.47 Å². The Kier molecular flexibility index (Phi) is 5.78. The second kappa shape index (κ2) is 9.06. The summed E-state index contributed by atoms with van der Waals surface area (Å²) in [6, 6.07) is 21.4. The number of ether oxygens (including phenoxy) is 2. The third-order valence-corrected chi connectivity index (χ3v) is 6.06. The van der Waals surface area contributed by atoms with Crippen molar-refractivity contribution in [3.63, 3.8) is 0 Å². The third kappa shape index (κ3) is 3.73. The van der Waals surface area contributed by atoms with Crippen LogP contribution >= 0.6 is 0 Å². The van der Waals surface area contributed by atoms with Gasteiger partial charge in [-0.25, -0.2) is 9.91 Å². The molecule has 2 heterocycles. The van der Waals surface area contributed by atoms with E-state index in [1.165, 1.54) is 12.1 Å². The summed E-state index contributed by atoms with van der Waals surface area (Å²) in [7, 11) is 1.51. The monoisotopic (exact) mass is 469 g/mol. The molecule has 5 rings (SSSR count). The highest BCUT2D eigenvalue weighted by Crippen LogP contribution is 2.41. The Bertz CT molecular complexity index is 1320. The first-order chi connectivity index (χ1) is 17.0. The maximum absolute atomic E-state index is 13.7. The number of ketones is 1. The number of benzene rings is 3. The van der Waals surface area contributed by atoms with Crippen molar-refractivity contribution in [1.82, 2.24) is 0 Å². The van der Waals surface area contributed by atoms with Crippen LogP contribution in [0.25, 0.3) is 0 Å². The molecule has 0 spiro atoms. The maximum atomic E-state index is 13.7. The Balaban J connectivity index is 1.59. The highest BCUT2D eigenvalue weighted by molar-refractivity contribution is 6.53. The minimum Gasteiger partial charge on any atom is -0.495 e. The Hall–Kier alpha value is -4.46. The average molecular weight is 469 g/mol. The van der Waals surface area contributed by atoms with Gasteiger partial charge in [0.05, 0.1) is 19.4 Å². The molecular formula is C27H23N3O5. The van der Waals surface area contributed by atoms with Gasteiger partial charge in [0.2, 0.25) is 11.7 Å². The highest BCUT2D eigenvalue weighted by atomic mass is 16.5. The van der Waals surface area contributed by atoms with E-state index in [-0.39, 0.29) is 5.71 Å². The normalized spacial score (nSPS) is 19.0. The topological polar surface area (TPSA) is 88.5 Å². The van der Waals surface area contributed by atoms with E-state index in [1.54, 1.807) is 78.9 Å². The fourth-order valence-electron chi connectivity index (χ4n) is 4.47. The van der Waals surface area contributed by atoms with Crippen molar-refractivity contribution in [3.05, 3.63) is 84.4 Å². The van der Waals surface area contributed by atoms with E-state index >= 15 is 0 Å². The van der Waals surface area contributed by atoms with Crippen LogP contribution in [0.3, 0.4) is 0 Å². The Morgan fingerprint density at radius 3 is 2.29 bits per heavy atom. The van der Waals surface area contributed by atoms with Crippen LogP contribution in [-0.4, -0.2) is 43.1 Å². The number of hydrogen-bond donors (Lipinski definition) is 0. The summed E-state index contributed by atoms with van der Waals surface area (Å²) in [5, 5.41) is 5.97. The quantitative estimate of drug-likeness (QED) is 0.387. The fourth-order valence-corrected chi connectivity index (χ4v) is 4.47. The van der Waals surface area contributed by atoms with Crippen LogP contribution < -0.4 is 19.4 Å². The maximum Gasteiger partial charge on any atom is 0.259 e. The van der Waals surface area contributed by atoms with E-state index in [0.29, 0.717) is 35.0 Å². The number of hydrazone groups is 1. The van der Waals surface area contributed by atoms with Crippen molar-refractivity contribution in [2.24, 2.45) is 11.0 Å². The number of anilines is 2. The number of imide groups is 1. The summed E-state index contributed by atoms with van der Waals surface area (Å²) >= 11 is 0. The van der Waals surface area contributed by atoms with E-state index < -0.39 is 29.6 Å². The molecule has 3 aromatic rings. The van der Waals surface area contributed by atoms with Crippen molar-refractivity contribution in [2.45, 2.75) is 13.0 Å². The SMILES string of the molecule is CCOc1ccc(N2C(=O)[C@@H]3C(C(=O)c4ccccc4)=NN(c4ccccc4OC)[C@@H]3C2=O)cc1. The molecule has 0 saturated carbocycles. The van der Waals surface area contributed by atoms with Crippen LogP contribution in [0.2, 0.25) is 0 Å². The zero-order chi connectivity index (χ0) is 24.5. The largest absolute Gasteiger partial charge is 0.495 e. The average Bonchev–Trinajstić information content (AvgIpc) is 3.41. The van der Waals surface area contributed by atoms with Gasteiger partial charge in [-0.15, -0.1) is 0 Å². The van der Waals surface area contributed by atoms with E-state index in [4.69, 9.17) is 9.47 Å². The summed E-state index contributed by atoms with van der Waals surface area (Å²) < 4.78 is 11.0. The summed E-state index contributed by atoms with van der Waals surface area (Å²) in [4.78, 5) is 41.9. The van der Waals surface area contributed by atoms with Crippen LogP contribution in [0, 0.1) is 5.92 Å². The number of hydrogen-bond acceptors (Lipinski definition) is 7. The molecule has 2 aliphatic heterocycles. The number of para-hydroxylation sites is 2. The first-order valence-electron chi connectivity index (χ1n) is 11.3. The second-order valence-corrected chi connectivity index (χ2v) is 8.06. The molecule has 1 fully saturated rings. The first-order valence-corrected chi connectivity index (χ1v) is 11.3. The first kappa shape index (κ1) is 22.3. The van der Waals surface area contributed by atoms with Gasteiger partial charge in [0.1, 0.15) is 34.9 Å². The van der Waals surface area contributed by atoms with Gasteiger partial charge in [0.25, 0.3) is 5.91 Å². The van der Waals surface area contributed by atoms with Crippen molar-refractivity contribution >= 4 is 34.7 Å². The van der Waals surface area contributed by atoms with Gasteiger partial charge in [-0.1, -0.05) is 42.5 Å². The van der Waals surface area contributed by atoms with Gasteiger partial charge in [0.15, 0.2) is 0 Å². The molecule has 1 saturated heterocycles. The lowest BCUT2D eigenvalue weighted by Gasteiger charge is -2.23. The minimum absolute atomic E-state index is 0.0268. The van der Waals surface area contributed by atoms with Crippen LogP contribution in [0.4, 0.5) is 11.4 Å². The molecule has 8 heteroatoms. The number of rotatable bonds is 7. The van der Waals surface area contributed by atoms with E-state index in [2.05, 4.69) is 5.10 Å². The van der Waals surface area contributed by atoms with Crippen LogP contribution in [0.1, 0.15) is 17.3 Å². The standard InChI is InChI=1S/C27H23N3O5/c1-3-35-19-15-13-18(14-16-19)29-26(32)22-23(25(31)17-9-5-4-6-10-17)28-30(24(22)27(29)33)20-11-7-8-12-21(20)34-2/h4-16,22,24H,3H2,1-2H3/t22-,24+/m1/s1. The zero-order valence-corrected chi connectivity index (χ0v) is 19.3. The lowest BCUT2D eigenvalue weighted by molar-refractivity contribution is -0.121. The molecule has 0 bridgehead atoms. The Labute approximate surface area is 202 Å². The van der Waals surface area contributed by atoms with Crippen LogP contribution in [-0.2, 0) is 9.59 Å². The van der Waals surface area contributed by atoms with Crippen molar-refractivity contribution < 1.29 is 23.9 Å². The lowest BCUT2D eigenvalue weighted by atomic mass is 9.92. The predicted molar refractivity (Wildman–Crippen MR) is 131 cm³/mol. The Morgan fingerprint density at radius 2 is 1.60 bits per heavy atom. The van der Waals surface area contributed by atoms with Crippen molar-refractivity contribution in [1.29, 1.82) is 0 Å². The summed E-state index contributed by atoms with van der Waals surface area (Å²) in [6.45, 7) is 2.38. The third-order valence-electron chi connectivity index (χ3n) is 6.06. The molecule has 0 N–H and O–H groups in total. The van der Waals surface area contributed by atoms with Crippen LogP contribution in [0.15, 0.2) is 84.0 Å². The molecule has 2 aliphatic rings. The number of carbonyl (C=O) groups is 3. The smallest absolute Gasteiger partial charge is 0.259 e. The van der Waals surface area contributed by atoms with Gasteiger partial charge in [0, 0.05) is 5.56 Å². The molecular weight excluding hydrogens is 446 g/mol. The molecule has 0 aliphatic carbocycles. The second-order valence-electron chi connectivity index (χ2n) is 8.06. The van der Waals surface area contributed by atoms with Gasteiger partial charge in [-0.05, 0) is 43.3 Å². The van der Waals surface area contributed by atoms with Gasteiger partial charge >= 0.3 is 0 Å². The molecule has 0 unspecified atom stereocenters. The molecule has 0 radical (unpaired) electrons. The number of carbonyl (C=O) groups excluding carboxylic acids is 3. The lowest BCUT2D eigenvalue weighted by Crippen LogP contribution is -2.39. The molecule has 35 heavy (non-hydrogen) atoms.